The molecule has 2 aromatic heterocycles. The number of amides is 1. The molecular weight excluding hydrogens is 287 g/mol. The average molecular weight is 301 g/mol. The third kappa shape index (κ3) is 3.80. The maximum atomic E-state index is 12.7. The number of nitrogen functional groups attached to an aromatic ring is 1. The quantitative estimate of drug-likeness (QED) is 0.943. The van der Waals surface area contributed by atoms with E-state index >= 15 is 0 Å². The highest BCUT2D eigenvalue weighted by Crippen LogP contribution is 2.21. The van der Waals surface area contributed by atoms with Crippen LogP contribution in [0, 0.1) is 0 Å². The van der Waals surface area contributed by atoms with Crippen LogP contribution in [0.2, 0.25) is 0 Å². The molecule has 0 radical (unpaired) electrons. The van der Waals surface area contributed by atoms with Crippen LogP contribution >= 0.6 is 0 Å². The van der Waals surface area contributed by atoms with Crippen molar-refractivity contribution in [2.75, 3.05) is 12.3 Å². The molecule has 0 spiro atoms. The summed E-state index contributed by atoms with van der Waals surface area (Å²) in [7, 11) is 1.54. The van der Waals surface area contributed by atoms with Gasteiger partial charge < -0.3 is 19.6 Å². The van der Waals surface area contributed by atoms with E-state index in [1.54, 1.807) is 13.1 Å². The van der Waals surface area contributed by atoms with Gasteiger partial charge >= 0.3 is 6.18 Å². The van der Waals surface area contributed by atoms with Crippen LogP contribution in [0.5, 0.6) is 0 Å². The summed E-state index contributed by atoms with van der Waals surface area (Å²) in [5.74, 6) is -0.488. The molecule has 0 aromatic carbocycles. The van der Waals surface area contributed by atoms with Crippen molar-refractivity contribution in [3.05, 3.63) is 42.1 Å². The van der Waals surface area contributed by atoms with Gasteiger partial charge in [0, 0.05) is 13.2 Å². The predicted molar refractivity (Wildman–Crippen MR) is 69.3 cm³/mol. The van der Waals surface area contributed by atoms with Crippen molar-refractivity contribution < 1.29 is 22.4 Å². The number of aryl methyl sites for hydroxylation is 1. The maximum absolute atomic E-state index is 12.7. The second-order valence-electron chi connectivity index (χ2n) is 4.63. The van der Waals surface area contributed by atoms with Gasteiger partial charge in [-0.05, 0) is 18.2 Å². The number of nitrogens with zero attached hydrogens (tertiary/aromatic N) is 2. The molecule has 5 nitrogen and oxygen atoms in total. The van der Waals surface area contributed by atoms with Crippen LogP contribution < -0.4 is 5.73 Å². The van der Waals surface area contributed by atoms with Crippen LogP contribution in [0.1, 0.15) is 16.2 Å². The van der Waals surface area contributed by atoms with Gasteiger partial charge in [-0.1, -0.05) is 0 Å². The number of halogens is 3. The first kappa shape index (κ1) is 15.0. The first-order valence-electron chi connectivity index (χ1n) is 6.06. The summed E-state index contributed by atoms with van der Waals surface area (Å²) in [5.41, 5.74) is 5.95. The Morgan fingerprint density at radius 1 is 1.48 bits per heavy atom. The van der Waals surface area contributed by atoms with Crippen molar-refractivity contribution in [2.45, 2.75) is 12.7 Å². The zero-order valence-corrected chi connectivity index (χ0v) is 11.2. The van der Waals surface area contributed by atoms with E-state index in [0.717, 1.165) is 0 Å². The second-order valence-corrected chi connectivity index (χ2v) is 4.63. The van der Waals surface area contributed by atoms with E-state index in [9.17, 15) is 18.0 Å². The van der Waals surface area contributed by atoms with Gasteiger partial charge in [0.2, 0.25) is 0 Å². The van der Waals surface area contributed by atoms with Crippen LogP contribution in [0.3, 0.4) is 0 Å². The molecule has 2 aromatic rings. The van der Waals surface area contributed by atoms with E-state index < -0.39 is 18.6 Å². The third-order valence-corrected chi connectivity index (χ3v) is 2.83. The number of anilines is 1. The summed E-state index contributed by atoms with van der Waals surface area (Å²) < 4.78 is 44.4. The smallest absolute Gasteiger partial charge is 0.406 e. The number of carbonyl (C=O) groups excluding carboxylic acids is 1. The number of alkyl halides is 3. The van der Waals surface area contributed by atoms with Crippen molar-refractivity contribution in [1.82, 2.24) is 9.47 Å². The van der Waals surface area contributed by atoms with Crippen molar-refractivity contribution in [3.63, 3.8) is 0 Å². The minimum absolute atomic E-state index is 0.0864. The van der Waals surface area contributed by atoms with Crippen LogP contribution in [0.4, 0.5) is 18.9 Å². The van der Waals surface area contributed by atoms with Gasteiger partial charge in [-0.15, -0.1) is 0 Å². The Morgan fingerprint density at radius 3 is 2.67 bits per heavy atom. The monoisotopic (exact) mass is 301 g/mol. The molecule has 0 aliphatic carbocycles. The molecule has 0 fully saturated rings. The molecule has 0 bridgehead atoms. The molecule has 21 heavy (non-hydrogen) atoms. The lowest BCUT2D eigenvalue weighted by molar-refractivity contribution is -0.142. The number of rotatable bonds is 4. The standard InChI is InChI=1S/C13H14F3N3O2/c1-18-6-9(17)5-11(18)12(20)19(8-13(14,15)16)7-10-3-2-4-21-10/h2-6H,7-8,17H2,1H3. The minimum atomic E-state index is -4.50. The van der Waals surface area contributed by atoms with E-state index in [1.807, 2.05) is 0 Å². The number of aromatic nitrogens is 1. The lowest BCUT2D eigenvalue weighted by Gasteiger charge is -2.23. The number of nitrogens with two attached hydrogens (primary N) is 1. The summed E-state index contributed by atoms with van der Waals surface area (Å²) in [6.07, 6.45) is -1.70. The Morgan fingerprint density at radius 2 is 2.19 bits per heavy atom. The predicted octanol–water partition coefficient (Wildman–Crippen LogP) is 2.41. The molecule has 0 unspecified atom stereocenters. The number of hydrogen-bond acceptors (Lipinski definition) is 3. The van der Waals surface area contributed by atoms with E-state index in [0.29, 0.717) is 10.6 Å². The van der Waals surface area contributed by atoms with E-state index in [2.05, 4.69) is 0 Å². The molecule has 2 heterocycles. The van der Waals surface area contributed by atoms with Crippen molar-refractivity contribution in [1.29, 1.82) is 0 Å². The van der Waals surface area contributed by atoms with Gasteiger partial charge in [0.25, 0.3) is 5.91 Å². The zero-order chi connectivity index (χ0) is 15.6. The molecule has 0 atom stereocenters. The SMILES string of the molecule is Cn1cc(N)cc1C(=O)N(Cc1ccco1)CC(F)(F)F. The number of carbonyl (C=O) groups is 1. The van der Waals surface area contributed by atoms with E-state index in [4.69, 9.17) is 10.2 Å². The van der Waals surface area contributed by atoms with Crippen LogP contribution in [-0.4, -0.2) is 28.1 Å². The average Bonchev–Trinajstić information content (AvgIpc) is 2.95. The Hall–Kier alpha value is -2.38. The number of hydrogen-bond donors (Lipinski definition) is 1. The Labute approximate surface area is 118 Å². The maximum Gasteiger partial charge on any atom is 0.406 e. The normalized spacial score (nSPS) is 11.6. The van der Waals surface area contributed by atoms with E-state index in [-0.39, 0.29) is 18.0 Å². The summed E-state index contributed by atoms with van der Waals surface area (Å²) in [4.78, 5) is 13.0. The summed E-state index contributed by atoms with van der Waals surface area (Å²) >= 11 is 0. The largest absolute Gasteiger partial charge is 0.467 e. The van der Waals surface area contributed by atoms with E-state index in [1.165, 1.54) is 29.2 Å². The highest BCUT2D eigenvalue weighted by molar-refractivity contribution is 5.93. The third-order valence-electron chi connectivity index (χ3n) is 2.83. The van der Waals surface area contributed by atoms with Crippen LogP contribution in [-0.2, 0) is 13.6 Å². The fourth-order valence-electron chi connectivity index (χ4n) is 1.97. The summed E-state index contributed by atoms with van der Waals surface area (Å²) in [5, 5.41) is 0. The molecule has 8 heteroatoms. The molecule has 0 aliphatic heterocycles. The Bertz CT molecular complexity index is 617. The van der Waals surface area contributed by atoms with Crippen molar-refractivity contribution in [2.24, 2.45) is 7.05 Å². The van der Waals surface area contributed by atoms with Gasteiger partial charge in [-0.25, -0.2) is 0 Å². The lowest BCUT2D eigenvalue weighted by atomic mass is 10.3. The first-order chi connectivity index (χ1) is 9.76. The topological polar surface area (TPSA) is 64.4 Å². The molecule has 0 saturated heterocycles. The first-order valence-corrected chi connectivity index (χ1v) is 6.06. The number of furan rings is 1. The molecular formula is C13H14F3N3O2. The van der Waals surface area contributed by atoms with Crippen LogP contribution in [0.15, 0.2) is 35.1 Å². The highest BCUT2D eigenvalue weighted by atomic mass is 19.4. The lowest BCUT2D eigenvalue weighted by Crippen LogP contribution is -2.39. The van der Waals surface area contributed by atoms with Crippen molar-refractivity contribution in [3.8, 4) is 0 Å². The summed E-state index contributed by atoms with van der Waals surface area (Å²) in [6.45, 7) is -1.63. The molecule has 1 amide bonds. The molecule has 0 saturated carbocycles. The fraction of sp³-hybridized carbons (Fsp3) is 0.308. The minimum Gasteiger partial charge on any atom is -0.467 e. The molecule has 0 aliphatic rings. The van der Waals surface area contributed by atoms with Gasteiger partial charge in [0.15, 0.2) is 0 Å². The van der Waals surface area contributed by atoms with Crippen LogP contribution in [0.25, 0.3) is 0 Å². The van der Waals surface area contributed by atoms with Gasteiger partial charge in [0.05, 0.1) is 18.5 Å². The van der Waals surface area contributed by atoms with Gasteiger partial charge in [-0.3, -0.25) is 4.79 Å². The van der Waals surface area contributed by atoms with Crippen molar-refractivity contribution >= 4 is 11.6 Å². The Balaban J connectivity index is 2.25. The molecule has 114 valence electrons. The highest BCUT2D eigenvalue weighted by Gasteiger charge is 2.34. The second kappa shape index (κ2) is 5.55. The Kier molecular flexibility index (Phi) is 3.97. The van der Waals surface area contributed by atoms with Gasteiger partial charge in [0.1, 0.15) is 18.0 Å². The zero-order valence-electron chi connectivity index (χ0n) is 11.2. The molecule has 2 N–H and O–H groups in total. The fourth-order valence-corrected chi connectivity index (χ4v) is 1.97. The summed E-state index contributed by atoms with van der Waals surface area (Å²) in [6, 6.07) is 4.40. The van der Waals surface area contributed by atoms with Gasteiger partial charge in [-0.2, -0.15) is 13.2 Å². The molecule has 2 rings (SSSR count).